The summed E-state index contributed by atoms with van der Waals surface area (Å²) >= 11 is 6.28. The van der Waals surface area contributed by atoms with Crippen molar-refractivity contribution < 1.29 is 14.3 Å². The largest absolute Gasteiger partial charge is 0.490 e. The first-order valence-corrected chi connectivity index (χ1v) is 15.2. The van der Waals surface area contributed by atoms with Crippen molar-refractivity contribution in [1.29, 1.82) is 5.26 Å². The van der Waals surface area contributed by atoms with Gasteiger partial charge in [0.05, 0.1) is 16.7 Å². The third-order valence-electron chi connectivity index (χ3n) is 8.39. The van der Waals surface area contributed by atoms with Gasteiger partial charge in [-0.05, 0) is 96.1 Å². The summed E-state index contributed by atoms with van der Waals surface area (Å²) in [5, 5.41) is 21.3. The van der Waals surface area contributed by atoms with E-state index in [1.54, 1.807) is 18.2 Å². The fourth-order valence-electron chi connectivity index (χ4n) is 5.74. The van der Waals surface area contributed by atoms with Gasteiger partial charge in [0, 0.05) is 37.2 Å². The van der Waals surface area contributed by atoms with Gasteiger partial charge in [-0.3, -0.25) is 4.79 Å². The van der Waals surface area contributed by atoms with E-state index in [4.69, 9.17) is 21.6 Å². The molecule has 2 heterocycles. The molecule has 0 bridgehead atoms. The number of halogens is 1. The van der Waals surface area contributed by atoms with Gasteiger partial charge >= 0.3 is 0 Å². The van der Waals surface area contributed by atoms with Crippen molar-refractivity contribution in [2.24, 2.45) is 0 Å². The van der Waals surface area contributed by atoms with Crippen LogP contribution in [0.4, 0.5) is 5.82 Å². The number of piperidine rings is 1. The lowest BCUT2D eigenvalue weighted by Gasteiger charge is -2.37. The van der Waals surface area contributed by atoms with E-state index < -0.39 is 0 Å². The molecule has 0 unspecified atom stereocenters. The second-order valence-corrected chi connectivity index (χ2v) is 11.6. The Morgan fingerprint density at radius 2 is 1.88 bits per heavy atom. The minimum atomic E-state index is -0.198. The molecule has 1 aliphatic heterocycles. The molecule has 2 aliphatic rings. The normalized spacial score (nSPS) is 19.5. The van der Waals surface area contributed by atoms with Crippen LogP contribution in [0, 0.1) is 18.3 Å². The van der Waals surface area contributed by atoms with Gasteiger partial charge in [-0.1, -0.05) is 18.0 Å². The molecular formula is C31H41ClN6O3. The highest BCUT2D eigenvalue weighted by Crippen LogP contribution is 2.32. The summed E-state index contributed by atoms with van der Waals surface area (Å²) in [6, 6.07) is 9.87. The van der Waals surface area contributed by atoms with Gasteiger partial charge < -0.3 is 24.6 Å². The molecule has 4 rings (SSSR count). The van der Waals surface area contributed by atoms with E-state index >= 15 is 0 Å². The van der Waals surface area contributed by atoms with Crippen molar-refractivity contribution in [2.75, 3.05) is 31.6 Å². The SMILES string of the molecule is Cc1c(OC2CCC(NC(=O)c3ccc(N4CCC(N(C)CCCCCC=O)CC4)nn3)CC2)ccc(C#N)c1Cl. The monoisotopic (exact) mass is 580 g/mol. The first kappa shape index (κ1) is 30.7. The molecule has 220 valence electrons. The van der Waals surface area contributed by atoms with Crippen LogP contribution < -0.4 is 15.0 Å². The van der Waals surface area contributed by atoms with Gasteiger partial charge in [-0.25, -0.2) is 0 Å². The lowest BCUT2D eigenvalue weighted by Crippen LogP contribution is -2.44. The maximum Gasteiger partial charge on any atom is 0.272 e. The average molecular weight is 581 g/mol. The van der Waals surface area contributed by atoms with Crippen LogP contribution in [0.5, 0.6) is 5.75 Å². The number of nitrogens with one attached hydrogen (secondary N) is 1. The highest BCUT2D eigenvalue weighted by Gasteiger charge is 2.26. The highest BCUT2D eigenvalue weighted by atomic mass is 35.5. The van der Waals surface area contributed by atoms with Crippen molar-refractivity contribution in [1.82, 2.24) is 20.4 Å². The van der Waals surface area contributed by atoms with Crippen LogP contribution in [-0.4, -0.2) is 72.2 Å². The third-order valence-corrected chi connectivity index (χ3v) is 8.87. The molecule has 1 N–H and O–H groups in total. The van der Waals surface area contributed by atoms with E-state index in [0.29, 0.717) is 34.5 Å². The summed E-state index contributed by atoms with van der Waals surface area (Å²) in [6.45, 7) is 4.76. The average Bonchev–Trinajstić information content (AvgIpc) is 3.00. The number of ether oxygens (including phenoxy) is 1. The van der Waals surface area contributed by atoms with Crippen LogP contribution in [0.25, 0.3) is 0 Å². The van der Waals surface area contributed by atoms with Gasteiger partial charge in [0.1, 0.15) is 18.1 Å². The van der Waals surface area contributed by atoms with Crippen LogP contribution >= 0.6 is 11.6 Å². The van der Waals surface area contributed by atoms with Crippen molar-refractivity contribution in [2.45, 2.75) is 89.3 Å². The van der Waals surface area contributed by atoms with E-state index in [-0.39, 0.29) is 18.1 Å². The van der Waals surface area contributed by atoms with Crippen molar-refractivity contribution in [3.8, 4) is 11.8 Å². The molecule has 41 heavy (non-hydrogen) atoms. The standard InChI is InChI=1S/C31H41ClN6O3/c1-22-28(13-7-23(21-33)30(22)32)41-26-10-8-24(9-11-26)34-31(40)27-12-14-29(36-35-27)38-18-15-25(16-19-38)37(2)17-5-3-4-6-20-39/h7,12-14,20,24-26H,3-6,8-11,15-19H2,1-2H3,(H,34,40). The Labute approximate surface area is 248 Å². The topological polar surface area (TPSA) is 111 Å². The minimum absolute atomic E-state index is 0.0438. The second kappa shape index (κ2) is 15.1. The Morgan fingerprint density at radius 3 is 2.54 bits per heavy atom. The molecule has 0 radical (unpaired) electrons. The Kier molecular flexibility index (Phi) is 11.3. The van der Waals surface area contributed by atoms with E-state index in [1.807, 2.05) is 13.0 Å². The van der Waals surface area contributed by atoms with E-state index in [0.717, 1.165) is 95.1 Å². The fraction of sp³-hybridized carbons (Fsp3) is 0.581. The number of unbranched alkanes of at least 4 members (excludes halogenated alkanes) is 3. The van der Waals surface area contributed by atoms with Gasteiger partial charge in [-0.15, -0.1) is 10.2 Å². The summed E-state index contributed by atoms with van der Waals surface area (Å²) in [6.07, 6.45) is 10.3. The maximum atomic E-state index is 12.9. The number of hydrogen-bond donors (Lipinski definition) is 1. The van der Waals surface area contributed by atoms with Gasteiger partial charge in [0.25, 0.3) is 5.91 Å². The predicted octanol–water partition coefficient (Wildman–Crippen LogP) is 5.09. The summed E-state index contributed by atoms with van der Waals surface area (Å²) in [4.78, 5) is 28.0. The fourth-order valence-corrected chi connectivity index (χ4v) is 5.94. The Morgan fingerprint density at radius 1 is 1.12 bits per heavy atom. The van der Waals surface area contributed by atoms with Gasteiger partial charge in [0.2, 0.25) is 0 Å². The summed E-state index contributed by atoms with van der Waals surface area (Å²) in [5.41, 5.74) is 1.56. The zero-order valence-corrected chi connectivity index (χ0v) is 24.9. The molecule has 10 heteroatoms. The summed E-state index contributed by atoms with van der Waals surface area (Å²) in [5.74, 6) is 1.32. The summed E-state index contributed by atoms with van der Waals surface area (Å²) in [7, 11) is 2.19. The minimum Gasteiger partial charge on any atom is -0.490 e. The first-order chi connectivity index (χ1) is 19.9. The highest BCUT2D eigenvalue weighted by molar-refractivity contribution is 6.32. The molecule has 0 atom stereocenters. The zero-order chi connectivity index (χ0) is 29.2. The first-order valence-electron chi connectivity index (χ1n) is 14.8. The molecule has 1 saturated carbocycles. The van der Waals surface area contributed by atoms with Gasteiger partial charge in [-0.2, -0.15) is 5.26 Å². The number of anilines is 1. The van der Waals surface area contributed by atoms with E-state index in [1.165, 1.54) is 0 Å². The maximum absolute atomic E-state index is 12.9. The molecule has 2 aromatic rings. The molecule has 9 nitrogen and oxygen atoms in total. The molecule has 1 aromatic carbocycles. The zero-order valence-electron chi connectivity index (χ0n) is 24.1. The number of hydrogen-bond acceptors (Lipinski definition) is 8. The predicted molar refractivity (Wildman–Crippen MR) is 159 cm³/mol. The lowest BCUT2D eigenvalue weighted by molar-refractivity contribution is -0.107. The quantitative estimate of drug-likeness (QED) is 0.273. The number of carbonyl (C=O) groups is 2. The number of aldehydes is 1. The molecule has 1 aromatic heterocycles. The Bertz CT molecular complexity index is 1200. The van der Waals surface area contributed by atoms with E-state index in [9.17, 15) is 9.59 Å². The van der Waals surface area contributed by atoms with Crippen LogP contribution in [-0.2, 0) is 4.79 Å². The second-order valence-electron chi connectivity index (χ2n) is 11.2. The lowest BCUT2D eigenvalue weighted by atomic mass is 9.92. The van der Waals surface area contributed by atoms with Crippen molar-refractivity contribution >= 4 is 29.6 Å². The van der Waals surface area contributed by atoms with Crippen LogP contribution in [0.1, 0.15) is 85.8 Å². The molecule has 2 fully saturated rings. The molecule has 1 saturated heterocycles. The third kappa shape index (κ3) is 8.40. The van der Waals surface area contributed by atoms with E-state index in [2.05, 4.69) is 38.4 Å². The number of benzene rings is 1. The molecule has 1 aliphatic carbocycles. The van der Waals surface area contributed by atoms with Crippen LogP contribution in [0.15, 0.2) is 24.3 Å². The Balaban J connectivity index is 1.18. The van der Waals surface area contributed by atoms with Gasteiger partial charge in [0.15, 0.2) is 11.5 Å². The smallest absolute Gasteiger partial charge is 0.272 e. The number of carbonyl (C=O) groups excluding carboxylic acids is 2. The number of nitriles is 1. The van der Waals surface area contributed by atoms with Crippen molar-refractivity contribution in [3.63, 3.8) is 0 Å². The van der Waals surface area contributed by atoms with Crippen molar-refractivity contribution in [3.05, 3.63) is 46.1 Å². The number of amides is 1. The number of nitrogens with zero attached hydrogens (tertiary/aromatic N) is 5. The van der Waals surface area contributed by atoms with Crippen LogP contribution in [0.3, 0.4) is 0 Å². The van der Waals surface area contributed by atoms with Crippen LogP contribution in [0.2, 0.25) is 5.02 Å². The molecule has 1 amide bonds. The molecular weight excluding hydrogens is 540 g/mol. The summed E-state index contributed by atoms with van der Waals surface area (Å²) < 4.78 is 6.18. The Hall–Kier alpha value is -3.22. The molecule has 0 spiro atoms. The number of rotatable bonds is 12. The number of aromatic nitrogens is 2.